The molecule has 0 bridgehead atoms. The van der Waals surface area contributed by atoms with Crippen LogP contribution in [0.3, 0.4) is 0 Å². The van der Waals surface area contributed by atoms with Crippen LogP contribution in [-0.2, 0) is 6.54 Å². The lowest BCUT2D eigenvalue weighted by Gasteiger charge is -2.10. The fraction of sp³-hybridized carbons (Fsp3) is 0.500. The molecule has 1 rings (SSSR count). The zero-order valence-electron chi connectivity index (χ0n) is 8.54. The molecule has 0 amide bonds. The third kappa shape index (κ3) is 3.42. The fourth-order valence-corrected chi connectivity index (χ4v) is 1.17. The summed E-state index contributed by atoms with van der Waals surface area (Å²) in [5.41, 5.74) is 1.10. The van der Waals surface area contributed by atoms with Gasteiger partial charge < -0.3 is 10.2 Å². The molecule has 0 aliphatic heterocycles. The standard InChI is InChI=1S/C10H17N3/c1-4-11-10-7-5-6-9(12-10)8-13(2)3/h5-7H,4,8H2,1-3H3,(H,11,12). The number of nitrogens with zero attached hydrogens (tertiary/aromatic N) is 2. The number of aromatic nitrogens is 1. The Kier molecular flexibility index (Phi) is 3.71. The largest absolute Gasteiger partial charge is 0.370 e. The summed E-state index contributed by atoms with van der Waals surface area (Å²) in [5, 5.41) is 3.19. The minimum absolute atomic E-state index is 0.888. The second kappa shape index (κ2) is 4.82. The Labute approximate surface area is 79.8 Å². The van der Waals surface area contributed by atoms with Crippen molar-refractivity contribution < 1.29 is 0 Å². The molecule has 0 radical (unpaired) electrons. The molecule has 1 N–H and O–H groups in total. The van der Waals surface area contributed by atoms with Gasteiger partial charge in [-0.3, -0.25) is 0 Å². The summed E-state index contributed by atoms with van der Waals surface area (Å²) >= 11 is 0. The molecule has 72 valence electrons. The van der Waals surface area contributed by atoms with E-state index < -0.39 is 0 Å². The predicted molar refractivity (Wildman–Crippen MR) is 55.8 cm³/mol. The first-order valence-electron chi connectivity index (χ1n) is 4.57. The number of hydrogen-bond acceptors (Lipinski definition) is 3. The monoisotopic (exact) mass is 179 g/mol. The molecule has 0 saturated heterocycles. The Morgan fingerprint density at radius 3 is 2.77 bits per heavy atom. The first-order valence-corrected chi connectivity index (χ1v) is 4.57. The third-order valence-corrected chi connectivity index (χ3v) is 1.64. The van der Waals surface area contributed by atoms with Gasteiger partial charge in [-0.25, -0.2) is 4.98 Å². The Hall–Kier alpha value is -1.09. The molecular weight excluding hydrogens is 162 g/mol. The zero-order valence-corrected chi connectivity index (χ0v) is 8.54. The van der Waals surface area contributed by atoms with Gasteiger partial charge in [0.15, 0.2) is 0 Å². The molecule has 3 nitrogen and oxygen atoms in total. The molecule has 0 aromatic carbocycles. The van der Waals surface area contributed by atoms with Crippen LogP contribution in [0.2, 0.25) is 0 Å². The SMILES string of the molecule is CCNc1cccc(CN(C)C)n1. The smallest absolute Gasteiger partial charge is 0.126 e. The highest BCUT2D eigenvalue weighted by Crippen LogP contribution is 2.05. The summed E-state index contributed by atoms with van der Waals surface area (Å²) in [6, 6.07) is 6.06. The second-order valence-electron chi connectivity index (χ2n) is 3.28. The topological polar surface area (TPSA) is 28.2 Å². The van der Waals surface area contributed by atoms with E-state index in [0.29, 0.717) is 0 Å². The van der Waals surface area contributed by atoms with E-state index in [4.69, 9.17) is 0 Å². The Morgan fingerprint density at radius 2 is 2.15 bits per heavy atom. The van der Waals surface area contributed by atoms with Gasteiger partial charge in [-0.2, -0.15) is 0 Å². The number of hydrogen-bond donors (Lipinski definition) is 1. The van der Waals surface area contributed by atoms with Crippen molar-refractivity contribution in [3.05, 3.63) is 23.9 Å². The highest BCUT2D eigenvalue weighted by Gasteiger charge is 1.97. The predicted octanol–water partition coefficient (Wildman–Crippen LogP) is 1.57. The van der Waals surface area contributed by atoms with Crippen molar-refractivity contribution >= 4 is 5.82 Å². The van der Waals surface area contributed by atoms with Crippen molar-refractivity contribution in [3.8, 4) is 0 Å². The van der Waals surface area contributed by atoms with Gasteiger partial charge in [0.1, 0.15) is 5.82 Å². The van der Waals surface area contributed by atoms with Gasteiger partial charge in [-0.1, -0.05) is 6.07 Å². The molecule has 0 aliphatic rings. The summed E-state index contributed by atoms with van der Waals surface area (Å²) in [7, 11) is 4.09. The van der Waals surface area contributed by atoms with Crippen molar-refractivity contribution in [2.45, 2.75) is 13.5 Å². The lowest BCUT2D eigenvalue weighted by atomic mass is 10.3. The molecule has 0 unspecified atom stereocenters. The van der Waals surface area contributed by atoms with Crippen LogP contribution in [0.5, 0.6) is 0 Å². The summed E-state index contributed by atoms with van der Waals surface area (Å²) in [5.74, 6) is 0.960. The molecule has 0 saturated carbocycles. The molecular formula is C10H17N3. The maximum Gasteiger partial charge on any atom is 0.126 e. The molecule has 1 aromatic rings. The number of nitrogens with one attached hydrogen (secondary N) is 1. The van der Waals surface area contributed by atoms with Gasteiger partial charge in [0.2, 0.25) is 0 Å². The molecule has 3 heteroatoms. The van der Waals surface area contributed by atoms with Crippen molar-refractivity contribution in [3.63, 3.8) is 0 Å². The molecule has 0 spiro atoms. The maximum absolute atomic E-state index is 4.45. The molecule has 0 aliphatic carbocycles. The van der Waals surface area contributed by atoms with E-state index in [1.807, 2.05) is 32.3 Å². The van der Waals surface area contributed by atoms with E-state index >= 15 is 0 Å². The van der Waals surface area contributed by atoms with E-state index in [2.05, 4.69) is 22.1 Å². The molecule has 1 heterocycles. The summed E-state index contributed by atoms with van der Waals surface area (Å²) in [6.45, 7) is 3.87. The van der Waals surface area contributed by atoms with Crippen molar-refractivity contribution in [2.75, 3.05) is 26.0 Å². The van der Waals surface area contributed by atoms with Crippen LogP contribution >= 0.6 is 0 Å². The van der Waals surface area contributed by atoms with Crippen molar-refractivity contribution in [2.24, 2.45) is 0 Å². The van der Waals surface area contributed by atoms with Crippen LogP contribution in [0.25, 0.3) is 0 Å². The molecule has 0 fully saturated rings. The average Bonchev–Trinajstić information content (AvgIpc) is 2.04. The highest BCUT2D eigenvalue weighted by molar-refractivity contribution is 5.34. The first-order chi connectivity index (χ1) is 6.22. The number of anilines is 1. The third-order valence-electron chi connectivity index (χ3n) is 1.64. The van der Waals surface area contributed by atoms with Gasteiger partial charge in [0, 0.05) is 13.1 Å². The minimum Gasteiger partial charge on any atom is -0.370 e. The Bertz CT molecular complexity index is 258. The van der Waals surface area contributed by atoms with E-state index in [0.717, 1.165) is 24.6 Å². The van der Waals surface area contributed by atoms with Gasteiger partial charge in [-0.15, -0.1) is 0 Å². The van der Waals surface area contributed by atoms with Crippen LogP contribution in [0, 0.1) is 0 Å². The minimum atomic E-state index is 0.888. The fourth-order valence-electron chi connectivity index (χ4n) is 1.17. The Balaban J connectivity index is 2.67. The normalized spacial score (nSPS) is 10.5. The van der Waals surface area contributed by atoms with Crippen molar-refractivity contribution in [1.29, 1.82) is 0 Å². The van der Waals surface area contributed by atoms with Gasteiger partial charge in [0.25, 0.3) is 0 Å². The molecule has 13 heavy (non-hydrogen) atoms. The zero-order chi connectivity index (χ0) is 9.68. The van der Waals surface area contributed by atoms with E-state index in [-0.39, 0.29) is 0 Å². The lowest BCUT2D eigenvalue weighted by Crippen LogP contribution is -2.12. The van der Waals surface area contributed by atoms with E-state index in [1.54, 1.807) is 0 Å². The summed E-state index contributed by atoms with van der Waals surface area (Å²) < 4.78 is 0. The number of rotatable bonds is 4. The second-order valence-corrected chi connectivity index (χ2v) is 3.28. The Morgan fingerprint density at radius 1 is 1.38 bits per heavy atom. The average molecular weight is 179 g/mol. The van der Waals surface area contributed by atoms with E-state index in [9.17, 15) is 0 Å². The summed E-state index contributed by atoms with van der Waals surface area (Å²) in [4.78, 5) is 6.56. The van der Waals surface area contributed by atoms with Crippen LogP contribution in [0.15, 0.2) is 18.2 Å². The number of pyridine rings is 1. The highest BCUT2D eigenvalue weighted by atomic mass is 15.1. The molecule has 0 atom stereocenters. The van der Waals surface area contributed by atoms with Gasteiger partial charge in [0.05, 0.1) is 5.69 Å². The summed E-state index contributed by atoms with van der Waals surface area (Å²) in [6.07, 6.45) is 0. The lowest BCUT2D eigenvalue weighted by molar-refractivity contribution is 0.397. The van der Waals surface area contributed by atoms with Crippen molar-refractivity contribution in [1.82, 2.24) is 9.88 Å². The maximum atomic E-state index is 4.45. The van der Waals surface area contributed by atoms with Crippen LogP contribution in [0.1, 0.15) is 12.6 Å². The van der Waals surface area contributed by atoms with Crippen LogP contribution < -0.4 is 5.32 Å². The van der Waals surface area contributed by atoms with Gasteiger partial charge in [-0.05, 0) is 33.2 Å². The van der Waals surface area contributed by atoms with Crippen LogP contribution in [0.4, 0.5) is 5.82 Å². The quantitative estimate of drug-likeness (QED) is 0.760. The van der Waals surface area contributed by atoms with Gasteiger partial charge >= 0.3 is 0 Å². The van der Waals surface area contributed by atoms with Crippen LogP contribution in [-0.4, -0.2) is 30.5 Å². The molecule has 1 aromatic heterocycles. The first kappa shape index (κ1) is 9.99. The van der Waals surface area contributed by atoms with E-state index in [1.165, 1.54) is 0 Å².